The average molecular weight is 324 g/mol. The van der Waals surface area contributed by atoms with Crippen LogP contribution in [-0.4, -0.2) is 69.5 Å². The lowest BCUT2D eigenvalue weighted by atomic mass is 10.2. The summed E-state index contributed by atoms with van der Waals surface area (Å²) in [7, 11) is 1.54. The maximum Gasteiger partial charge on any atom is 0.390 e. The zero-order chi connectivity index (χ0) is 16.6. The summed E-state index contributed by atoms with van der Waals surface area (Å²) in [6.07, 6.45) is -5.01. The van der Waals surface area contributed by atoms with Gasteiger partial charge in [-0.25, -0.2) is 0 Å². The van der Waals surface area contributed by atoms with Crippen LogP contribution in [0.4, 0.5) is 13.2 Å². The van der Waals surface area contributed by atoms with E-state index in [1.165, 1.54) is 7.05 Å². The minimum atomic E-state index is -4.16. The molecule has 1 heterocycles. The number of nitrogens with one attached hydrogen (secondary N) is 2. The van der Waals surface area contributed by atoms with Gasteiger partial charge in [0.05, 0.1) is 19.1 Å². The van der Waals surface area contributed by atoms with Crippen molar-refractivity contribution in [3.8, 4) is 0 Å². The lowest BCUT2D eigenvalue weighted by molar-refractivity contribution is -0.132. The maximum atomic E-state index is 12.1. The van der Waals surface area contributed by atoms with Crippen LogP contribution in [0.3, 0.4) is 0 Å². The summed E-state index contributed by atoms with van der Waals surface area (Å²) in [5.74, 6) is 0.970. The zero-order valence-electron chi connectivity index (χ0n) is 13.5. The van der Waals surface area contributed by atoms with Gasteiger partial charge in [0.15, 0.2) is 5.96 Å². The van der Waals surface area contributed by atoms with Crippen molar-refractivity contribution < 1.29 is 17.9 Å². The van der Waals surface area contributed by atoms with Crippen LogP contribution in [0.2, 0.25) is 0 Å². The number of nitrogens with zero attached hydrogens (tertiary/aromatic N) is 2. The van der Waals surface area contributed by atoms with E-state index in [1.54, 1.807) is 0 Å². The Labute approximate surface area is 130 Å². The van der Waals surface area contributed by atoms with E-state index in [4.69, 9.17) is 4.74 Å². The van der Waals surface area contributed by atoms with Crippen LogP contribution in [0.1, 0.15) is 20.3 Å². The van der Waals surface area contributed by atoms with Gasteiger partial charge in [0, 0.05) is 39.8 Å². The maximum absolute atomic E-state index is 12.1. The smallest absolute Gasteiger partial charge is 0.374 e. The molecule has 22 heavy (non-hydrogen) atoms. The van der Waals surface area contributed by atoms with Crippen LogP contribution in [0.15, 0.2) is 4.99 Å². The Kier molecular flexibility index (Phi) is 7.95. The van der Waals surface area contributed by atoms with Crippen molar-refractivity contribution in [2.45, 2.75) is 32.5 Å². The lowest BCUT2D eigenvalue weighted by Crippen LogP contribution is -2.50. The number of hydrogen-bond acceptors (Lipinski definition) is 3. The van der Waals surface area contributed by atoms with Crippen LogP contribution >= 0.6 is 0 Å². The molecule has 0 bridgehead atoms. The van der Waals surface area contributed by atoms with E-state index in [1.807, 2.05) is 0 Å². The van der Waals surface area contributed by atoms with Gasteiger partial charge in [-0.05, 0) is 5.92 Å². The molecule has 0 amide bonds. The molecule has 130 valence electrons. The largest absolute Gasteiger partial charge is 0.390 e. The summed E-state index contributed by atoms with van der Waals surface area (Å²) in [5, 5.41) is 5.68. The monoisotopic (exact) mass is 324 g/mol. The number of halogens is 3. The van der Waals surface area contributed by atoms with Crippen molar-refractivity contribution >= 4 is 5.96 Å². The molecule has 0 aliphatic carbocycles. The van der Waals surface area contributed by atoms with E-state index in [-0.39, 0.29) is 12.6 Å². The highest BCUT2D eigenvalue weighted by molar-refractivity contribution is 5.79. The zero-order valence-corrected chi connectivity index (χ0v) is 13.5. The summed E-state index contributed by atoms with van der Waals surface area (Å²) in [4.78, 5) is 6.26. The third kappa shape index (κ3) is 8.43. The fraction of sp³-hybridized carbons (Fsp3) is 0.929. The quantitative estimate of drug-likeness (QED) is 0.574. The van der Waals surface area contributed by atoms with E-state index in [2.05, 4.69) is 34.4 Å². The molecule has 0 aromatic rings. The van der Waals surface area contributed by atoms with Crippen LogP contribution in [-0.2, 0) is 4.74 Å². The van der Waals surface area contributed by atoms with Crippen molar-refractivity contribution in [3.63, 3.8) is 0 Å². The van der Waals surface area contributed by atoms with E-state index >= 15 is 0 Å². The Morgan fingerprint density at radius 1 is 1.36 bits per heavy atom. The minimum Gasteiger partial charge on any atom is -0.374 e. The molecule has 0 aromatic carbocycles. The number of guanidine groups is 1. The molecule has 1 aliphatic heterocycles. The second-order valence-electron chi connectivity index (χ2n) is 5.89. The first-order valence-electron chi connectivity index (χ1n) is 7.65. The summed E-state index contributed by atoms with van der Waals surface area (Å²) in [5.41, 5.74) is 0. The van der Waals surface area contributed by atoms with Gasteiger partial charge >= 0.3 is 6.18 Å². The van der Waals surface area contributed by atoms with Gasteiger partial charge in [-0.2, -0.15) is 13.2 Å². The van der Waals surface area contributed by atoms with Crippen LogP contribution in [0, 0.1) is 5.92 Å². The molecular weight excluding hydrogens is 297 g/mol. The molecule has 0 saturated carbocycles. The fourth-order valence-corrected chi connectivity index (χ4v) is 2.34. The molecule has 1 saturated heterocycles. The Balaban J connectivity index is 2.27. The Bertz CT molecular complexity index is 347. The first kappa shape index (κ1) is 19.0. The van der Waals surface area contributed by atoms with Gasteiger partial charge in [-0.3, -0.25) is 9.89 Å². The van der Waals surface area contributed by atoms with Gasteiger partial charge in [0.1, 0.15) is 0 Å². The third-order valence-corrected chi connectivity index (χ3v) is 3.27. The normalized spacial score (nSPS) is 21.2. The molecule has 0 aromatic heterocycles. The van der Waals surface area contributed by atoms with Gasteiger partial charge in [-0.1, -0.05) is 13.8 Å². The highest BCUT2D eigenvalue weighted by Crippen LogP contribution is 2.18. The molecule has 1 aliphatic rings. The van der Waals surface area contributed by atoms with Crippen molar-refractivity contribution in [1.29, 1.82) is 0 Å². The number of aliphatic imine (C=N–C) groups is 1. The molecule has 1 fully saturated rings. The molecule has 0 radical (unpaired) electrons. The lowest BCUT2D eigenvalue weighted by Gasteiger charge is -2.34. The predicted molar refractivity (Wildman–Crippen MR) is 81.1 cm³/mol. The SMILES string of the molecule is CN=C(NCCC(F)(F)F)NC[C@@H]1CN(CC(C)C)CCO1. The fourth-order valence-electron chi connectivity index (χ4n) is 2.34. The second-order valence-corrected chi connectivity index (χ2v) is 5.89. The Morgan fingerprint density at radius 3 is 2.68 bits per heavy atom. The Morgan fingerprint density at radius 2 is 2.09 bits per heavy atom. The summed E-state index contributed by atoms with van der Waals surface area (Å²) < 4.78 is 42.0. The average Bonchev–Trinajstić information content (AvgIpc) is 2.41. The van der Waals surface area contributed by atoms with E-state index in [0.29, 0.717) is 25.0 Å². The number of ether oxygens (including phenoxy) is 1. The number of alkyl halides is 3. The van der Waals surface area contributed by atoms with Gasteiger partial charge in [0.25, 0.3) is 0 Å². The summed E-state index contributed by atoms with van der Waals surface area (Å²) in [6, 6.07) is 0. The highest BCUT2D eigenvalue weighted by atomic mass is 19.4. The second kappa shape index (κ2) is 9.19. The van der Waals surface area contributed by atoms with Crippen molar-refractivity contribution in [2.24, 2.45) is 10.9 Å². The van der Waals surface area contributed by atoms with Crippen molar-refractivity contribution in [2.75, 3.05) is 46.4 Å². The first-order valence-corrected chi connectivity index (χ1v) is 7.65. The molecule has 0 spiro atoms. The number of hydrogen-bond donors (Lipinski definition) is 2. The molecule has 5 nitrogen and oxygen atoms in total. The highest BCUT2D eigenvalue weighted by Gasteiger charge is 2.26. The molecule has 0 unspecified atom stereocenters. The molecule has 1 atom stereocenters. The Hall–Kier alpha value is -1.02. The van der Waals surface area contributed by atoms with E-state index in [0.717, 1.165) is 19.6 Å². The van der Waals surface area contributed by atoms with Crippen molar-refractivity contribution in [1.82, 2.24) is 15.5 Å². The molecular formula is C14H27F3N4O. The van der Waals surface area contributed by atoms with Crippen LogP contribution in [0.5, 0.6) is 0 Å². The van der Waals surface area contributed by atoms with Crippen LogP contribution < -0.4 is 10.6 Å². The first-order chi connectivity index (χ1) is 10.3. The molecule has 2 N–H and O–H groups in total. The topological polar surface area (TPSA) is 48.9 Å². The minimum absolute atomic E-state index is 0.0219. The van der Waals surface area contributed by atoms with Gasteiger partial charge in [0.2, 0.25) is 0 Å². The van der Waals surface area contributed by atoms with Gasteiger partial charge < -0.3 is 15.4 Å². The number of rotatable bonds is 6. The summed E-state index contributed by atoms with van der Waals surface area (Å²) >= 11 is 0. The van der Waals surface area contributed by atoms with Gasteiger partial charge in [-0.15, -0.1) is 0 Å². The standard InChI is InChI=1S/C14H27F3N4O/c1-11(2)9-21-6-7-22-12(10-21)8-20-13(18-3)19-5-4-14(15,16)17/h11-12H,4-10H2,1-3H3,(H2,18,19,20)/t12-/m1/s1. The van der Waals surface area contributed by atoms with E-state index in [9.17, 15) is 13.2 Å². The predicted octanol–water partition coefficient (Wildman–Crippen LogP) is 1.46. The third-order valence-electron chi connectivity index (χ3n) is 3.27. The number of morpholine rings is 1. The summed E-state index contributed by atoms with van der Waals surface area (Å²) in [6.45, 7) is 8.15. The van der Waals surface area contributed by atoms with Crippen LogP contribution in [0.25, 0.3) is 0 Å². The molecule has 1 rings (SSSR count). The van der Waals surface area contributed by atoms with Crippen molar-refractivity contribution in [3.05, 3.63) is 0 Å². The van der Waals surface area contributed by atoms with E-state index < -0.39 is 12.6 Å². The molecule has 8 heteroatoms.